The van der Waals surface area contributed by atoms with E-state index in [0.717, 1.165) is 39.2 Å². The minimum Gasteiger partial charge on any atom is -0.380 e. The van der Waals surface area contributed by atoms with Gasteiger partial charge in [-0.1, -0.05) is 33.1 Å². The molecule has 19 heavy (non-hydrogen) atoms. The van der Waals surface area contributed by atoms with Crippen LogP contribution in [0.4, 0.5) is 0 Å². The van der Waals surface area contributed by atoms with Gasteiger partial charge in [0.05, 0.1) is 18.2 Å². The quantitative estimate of drug-likeness (QED) is 0.617. The van der Waals surface area contributed by atoms with Gasteiger partial charge < -0.3 is 14.8 Å². The monoisotopic (exact) mass is 271 g/mol. The fourth-order valence-electron chi connectivity index (χ4n) is 3.09. The smallest absolute Gasteiger partial charge is 0.0857 e. The predicted octanol–water partition coefficient (Wildman–Crippen LogP) is 3.52. The lowest BCUT2D eigenvalue weighted by atomic mass is 9.79. The highest BCUT2D eigenvalue weighted by atomic mass is 16.5. The molecule has 1 saturated carbocycles. The van der Waals surface area contributed by atoms with Crippen LogP contribution in [0.25, 0.3) is 0 Å². The number of ether oxygens (including phenoxy) is 2. The van der Waals surface area contributed by atoms with Gasteiger partial charge in [-0.3, -0.25) is 0 Å². The minimum absolute atomic E-state index is 0.00983. The highest BCUT2D eigenvalue weighted by Gasteiger charge is 2.40. The molecule has 1 N–H and O–H groups in total. The molecule has 0 amide bonds. The maximum Gasteiger partial charge on any atom is 0.0857 e. The second-order valence-corrected chi connectivity index (χ2v) is 5.64. The Bertz CT molecular complexity index is 209. The largest absolute Gasteiger partial charge is 0.380 e. The van der Waals surface area contributed by atoms with E-state index in [2.05, 4.69) is 26.1 Å². The number of nitrogens with one attached hydrogen (secondary N) is 1. The number of rotatable bonds is 10. The average molecular weight is 271 g/mol. The minimum atomic E-state index is 0.00983. The van der Waals surface area contributed by atoms with Gasteiger partial charge in [0.1, 0.15) is 0 Å². The molecular weight excluding hydrogens is 238 g/mol. The SMILES string of the molecule is CCCNC(COCCC)C1(OCC)CCCCC1. The van der Waals surface area contributed by atoms with Crippen LogP contribution in [0.3, 0.4) is 0 Å². The first kappa shape index (κ1) is 16.9. The molecule has 1 aliphatic carbocycles. The van der Waals surface area contributed by atoms with Gasteiger partial charge in [-0.25, -0.2) is 0 Å². The third-order valence-corrected chi connectivity index (χ3v) is 4.04. The Balaban J connectivity index is 2.64. The van der Waals surface area contributed by atoms with E-state index >= 15 is 0 Å². The third-order valence-electron chi connectivity index (χ3n) is 4.04. The summed E-state index contributed by atoms with van der Waals surface area (Å²) in [5.74, 6) is 0. The van der Waals surface area contributed by atoms with E-state index in [1.165, 1.54) is 32.1 Å². The highest BCUT2D eigenvalue weighted by Crippen LogP contribution is 2.34. The Labute approximate surface area is 119 Å². The summed E-state index contributed by atoms with van der Waals surface area (Å²) in [7, 11) is 0. The van der Waals surface area contributed by atoms with Crippen molar-refractivity contribution in [2.45, 2.75) is 77.4 Å². The van der Waals surface area contributed by atoms with Gasteiger partial charge >= 0.3 is 0 Å². The molecule has 0 aliphatic heterocycles. The van der Waals surface area contributed by atoms with E-state index in [1.807, 2.05) is 0 Å². The summed E-state index contributed by atoms with van der Waals surface area (Å²) in [6.07, 6.45) is 8.53. The van der Waals surface area contributed by atoms with Crippen molar-refractivity contribution in [3.8, 4) is 0 Å². The predicted molar refractivity (Wildman–Crippen MR) is 80.6 cm³/mol. The molecule has 0 aromatic carbocycles. The zero-order valence-electron chi connectivity index (χ0n) is 13.2. The van der Waals surface area contributed by atoms with Crippen molar-refractivity contribution in [3.05, 3.63) is 0 Å². The second-order valence-electron chi connectivity index (χ2n) is 5.64. The van der Waals surface area contributed by atoms with E-state index in [9.17, 15) is 0 Å². The molecule has 114 valence electrons. The van der Waals surface area contributed by atoms with Crippen molar-refractivity contribution in [1.82, 2.24) is 5.32 Å². The van der Waals surface area contributed by atoms with Gasteiger partial charge in [0.15, 0.2) is 0 Å². The van der Waals surface area contributed by atoms with Crippen LogP contribution < -0.4 is 5.32 Å². The van der Waals surface area contributed by atoms with Crippen LogP contribution in [-0.4, -0.2) is 38.0 Å². The molecule has 1 unspecified atom stereocenters. The second kappa shape index (κ2) is 9.73. The zero-order chi connectivity index (χ0) is 14.0. The van der Waals surface area contributed by atoms with Crippen LogP contribution in [0.5, 0.6) is 0 Å². The van der Waals surface area contributed by atoms with E-state index < -0.39 is 0 Å². The number of hydrogen-bond acceptors (Lipinski definition) is 3. The van der Waals surface area contributed by atoms with Gasteiger partial charge in [0, 0.05) is 13.2 Å². The van der Waals surface area contributed by atoms with Crippen LogP contribution in [0.1, 0.15) is 65.7 Å². The Hall–Kier alpha value is -0.120. The Kier molecular flexibility index (Phi) is 8.67. The van der Waals surface area contributed by atoms with Gasteiger partial charge in [-0.15, -0.1) is 0 Å². The standard InChI is InChI=1S/C16H33NO2/c1-4-12-17-15(14-18-13-5-2)16(19-6-3)10-8-7-9-11-16/h15,17H,4-14H2,1-3H3. The summed E-state index contributed by atoms with van der Waals surface area (Å²) >= 11 is 0. The Morgan fingerprint density at radius 3 is 2.37 bits per heavy atom. The fraction of sp³-hybridized carbons (Fsp3) is 1.00. The third kappa shape index (κ3) is 5.41. The lowest BCUT2D eigenvalue weighted by molar-refractivity contribution is -0.105. The summed E-state index contributed by atoms with van der Waals surface area (Å²) in [6.45, 7) is 9.98. The van der Waals surface area contributed by atoms with Gasteiger partial charge in [0.25, 0.3) is 0 Å². The molecule has 0 heterocycles. The molecule has 1 aliphatic rings. The van der Waals surface area contributed by atoms with Crippen molar-refractivity contribution in [2.24, 2.45) is 0 Å². The molecule has 0 aromatic rings. The van der Waals surface area contributed by atoms with Crippen molar-refractivity contribution in [1.29, 1.82) is 0 Å². The van der Waals surface area contributed by atoms with E-state index in [0.29, 0.717) is 6.04 Å². The molecule has 3 nitrogen and oxygen atoms in total. The summed E-state index contributed by atoms with van der Waals surface area (Å²) in [5.41, 5.74) is 0.00983. The van der Waals surface area contributed by atoms with E-state index in [4.69, 9.17) is 9.47 Å². The first-order chi connectivity index (χ1) is 9.29. The molecular formula is C16H33NO2. The molecule has 1 fully saturated rings. The maximum atomic E-state index is 6.22. The van der Waals surface area contributed by atoms with Crippen molar-refractivity contribution in [2.75, 3.05) is 26.4 Å². The molecule has 1 atom stereocenters. The fourth-order valence-corrected chi connectivity index (χ4v) is 3.09. The molecule has 0 spiro atoms. The first-order valence-electron chi connectivity index (χ1n) is 8.24. The van der Waals surface area contributed by atoms with Gasteiger partial charge in [-0.05, 0) is 39.2 Å². The average Bonchev–Trinajstić information content (AvgIpc) is 2.44. The van der Waals surface area contributed by atoms with Crippen LogP contribution >= 0.6 is 0 Å². The first-order valence-corrected chi connectivity index (χ1v) is 8.24. The van der Waals surface area contributed by atoms with Crippen LogP contribution in [-0.2, 0) is 9.47 Å². The lowest BCUT2D eigenvalue weighted by Gasteiger charge is -2.43. The summed E-state index contributed by atoms with van der Waals surface area (Å²) in [4.78, 5) is 0. The highest BCUT2D eigenvalue weighted by molar-refractivity contribution is 4.95. The van der Waals surface area contributed by atoms with Crippen LogP contribution in [0, 0.1) is 0 Å². The summed E-state index contributed by atoms with van der Waals surface area (Å²) in [5, 5.41) is 3.67. The van der Waals surface area contributed by atoms with Gasteiger partial charge in [0.2, 0.25) is 0 Å². The molecule has 0 aromatic heterocycles. The Morgan fingerprint density at radius 1 is 1.05 bits per heavy atom. The van der Waals surface area contributed by atoms with Crippen LogP contribution in [0.15, 0.2) is 0 Å². The number of hydrogen-bond donors (Lipinski definition) is 1. The summed E-state index contributed by atoms with van der Waals surface area (Å²) < 4.78 is 12.0. The van der Waals surface area contributed by atoms with Crippen molar-refractivity contribution >= 4 is 0 Å². The van der Waals surface area contributed by atoms with E-state index in [-0.39, 0.29) is 5.60 Å². The normalized spacial score (nSPS) is 20.4. The maximum absolute atomic E-state index is 6.22. The molecule has 0 bridgehead atoms. The molecule has 0 saturated heterocycles. The molecule has 1 rings (SSSR count). The lowest BCUT2D eigenvalue weighted by Crippen LogP contribution is -2.56. The summed E-state index contributed by atoms with van der Waals surface area (Å²) in [6, 6.07) is 0.347. The topological polar surface area (TPSA) is 30.5 Å². The van der Waals surface area contributed by atoms with Crippen molar-refractivity contribution in [3.63, 3.8) is 0 Å². The van der Waals surface area contributed by atoms with E-state index in [1.54, 1.807) is 0 Å². The zero-order valence-corrected chi connectivity index (χ0v) is 13.2. The Morgan fingerprint density at radius 2 is 1.79 bits per heavy atom. The van der Waals surface area contributed by atoms with Gasteiger partial charge in [-0.2, -0.15) is 0 Å². The van der Waals surface area contributed by atoms with Crippen LogP contribution in [0.2, 0.25) is 0 Å². The van der Waals surface area contributed by atoms with Crippen molar-refractivity contribution < 1.29 is 9.47 Å². The molecule has 3 heteroatoms. The molecule has 0 radical (unpaired) electrons.